The van der Waals surface area contributed by atoms with Gasteiger partial charge in [-0.1, -0.05) is 24.3 Å². The zero-order valence-electron chi connectivity index (χ0n) is 14.4. The number of halogens is 3. The van der Waals surface area contributed by atoms with Crippen molar-refractivity contribution >= 4 is 54.9 Å². The molecule has 0 aromatic heterocycles. The fraction of sp³-hybridized carbons (Fsp3) is 0.438. The van der Waals surface area contributed by atoms with Crippen LogP contribution < -0.4 is 16.8 Å². The minimum Gasteiger partial charge on any atom is -0.384 e. The van der Waals surface area contributed by atoms with Gasteiger partial charge in [0.15, 0.2) is 0 Å². The number of benzene rings is 1. The highest BCUT2D eigenvalue weighted by atomic mass is 35.5. The molecule has 7 nitrogen and oxygen atoms in total. The summed E-state index contributed by atoms with van der Waals surface area (Å²) in [7, 11) is 0. The van der Waals surface area contributed by atoms with Gasteiger partial charge < -0.3 is 16.8 Å². The molecule has 1 aromatic carbocycles. The largest absolute Gasteiger partial charge is 0.384 e. The summed E-state index contributed by atoms with van der Waals surface area (Å²) in [5, 5.41) is 10.2. The Kier molecular flexibility index (Phi) is 12.3. The highest BCUT2D eigenvalue weighted by Crippen LogP contribution is 2.19. The number of nitrogens with one attached hydrogen (secondary N) is 2. The Bertz CT molecular complexity index is 612. The van der Waals surface area contributed by atoms with E-state index in [1.165, 1.54) is 0 Å². The minimum atomic E-state index is -0.397. The Balaban J connectivity index is 0. The molecular weight excluding hydrogens is 401 g/mol. The Morgan fingerprint density at radius 2 is 1.81 bits per heavy atom. The molecule has 0 bridgehead atoms. The lowest BCUT2D eigenvalue weighted by molar-refractivity contribution is -0.129. The van der Waals surface area contributed by atoms with Crippen LogP contribution in [0.15, 0.2) is 24.3 Å². The summed E-state index contributed by atoms with van der Waals surface area (Å²) < 4.78 is 0. The van der Waals surface area contributed by atoms with Crippen LogP contribution in [0.25, 0.3) is 0 Å². The predicted molar refractivity (Wildman–Crippen MR) is 109 cm³/mol. The molecule has 0 spiro atoms. The molecule has 1 aliphatic rings. The maximum Gasteiger partial charge on any atom is 0.237 e. The van der Waals surface area contributed by atoms with Gasteiger partial charge in [-0.2, -0.15) is 0 Å². The van der Waals surface area contributed by atoms with E-state index in [0.29, 0.717) is 25.1 Å². The van der Waals surface area contributed by atoms with Crippen molar-refractivity contribution in [3.05, 3.63) is 35.4 Å². The maximum absolute atomic E-state index is 12.3. The summed E-state index contributed by atoms with van der Waals surface area (Å²) >= 11 is 0. The molecule has 1 aliphatic heterocycles. The molecule has 2 atom stereocenters. The number of carbonyl (C=O) groups excluding carboxylic acids is 2. The van der Waals surface area contributed by atoms with Crippen molar-refractivity contribution in [1.82, 2.24) is 10.2 Å². The van der Waals surface area contributed by atoms with Gasteiger partial charge >= 0.3 is 0 Å². The van der Waals surface area contributed by atoms with E-state index in [-0.39, 0.29) is 60.9 Å². The van der Waals surface area contributed by atoms with E-state index in [2.05, 4.69) is 5.32 Å². The number of nitrogens with zero attached hydrogens (tertiary/aromatic N) is 1. The second-order valence-electron chi connectivity index (χ2n) is 5.80. The molecule has 6 N–H and O–H groups in total. The maximum atomic E-state index is 12.3. The molecule has 0 aliphatic carbocycles. The standard InChI is InChI=1S/C16H23N5O2.3ClH/c1-10(21-8-2-3-13(21)15(19)22)16(23)20-9-11-4-6-12(7-5-11)14(17)18;;;/h4-7,10,13H,2-3,8-9H2,1H3,(H3,17,18)(H2,19,22)(H,20,23);3*1H/t10-,13?;;;/m0.../s1. The molecular formula is C16H26Cl3N5O2. The molecule has 1 unspecified atom stereocenters. The van der Waals surface area contributed by atoms with Crippen LogP contribution in [-0.2, 0) is 16.1 Å². The summed E-state index contributed by atoms with van der Waals surface area (Å²) in [5.74, 6) is -0.489. The van der Waals surface area contributed by atoms with Crippen molar-refractivity contribution < 1.29 is 9.59 Å². The van der Waals surface area contributed by atoms with Gasteiger partial charge in [-0.15, -0.1) is 37.2 Å². The van der Waals surface area contributed by atoms with Crippen LogP contribution in [0.2, 0.25) is 0 Å². The van der Waals surface area contributed by atoms with Crippen molar-refractivity contribution in [3.63, 3.8) is 0 Å². The first-order valence-corrected chi connectivity index (χ1v) is 7.66. The fourth-order valence-corrected chi connectivity index (χ4v) is 2.85. The van der Waals surface area contributed by atoms with Crippen molar-refractivity contribution in [1.29, 1.82) is 5.41 Å². The van der Waals surface area contributed by atoms with E-state index >= 15 is 0 Å². The minimum absolute atomic E-state index is 0. The Hall–Kier alpha value is -1.54. The first-order valence-electron chi connectivity index (χ1n) is 7.66. The van der Waals surface area contributed by atoms with Gasteiger partial charge in [-0.25, -0.2) is 0 Å². The summed E-state index contributed by atoms with van der Waals surface area (Å²) in [4.78, 5) is 25.6. The number of amides is 2. The number of amidine groups is 1. The van der Waals surface area contributed by atoms with E-state index < -0.39 is 6.04 Å². The van der Waals surface area contributed by atoms with Gasteiger partial charge in [0.05, 0.1) is 12.1 Å². The third-order valence-electron chi connectivity index (χ3n) is 4.23. The molecule has 10 heteroatoms. The van der Waals surface area contributed by atoms with Crippen LogP contribution in [0.4, 0.5) is 0 Å². The van der Waals surface area contributed by atoms with E-state index in [9.17, 15) is 9.59 Å². The molecule has 1 heterocycles. The number of nitrogen functional groups attached to an aromatic ring is 1. The van der Waals surface area contributed by atoms with Gasteiger partial charge in [0.1, 0.15) is 5.84 Å². The Morgan fingerprint density at radius 1 is 1.23 bits per heavy atom. The Morgan fingerprint density at radius 3 is 2.31 bits per heavy atom. The molecule has 148 valence electrons. The van der Waals surface area contributed by atoms with Crippen LogP contribution in [-0.4, -0.2) is 41.2 Å². The zero-order chi connectivity index (χ0) is 17.0. The third-order valence-corrected chi connectivity index (χ3v) is 4.23. The predicted octanol–water partition coefficient (Wildman–Crippen LogP) is 1.19. The normalized spacial score (nSPS) is 17.0. The van der Waals surface area contributed by atoms with Gasteiger partial charge in [-0.3, -0.25) is 19.9 Å². The van der Waals surface area contributed by atoms with Crippen molar-refractivity contribution in [2.24, 2.45) is 11.5 Å². The molecule has 0 saturated carbocycles. The molecule has 0 radical (unpaired) electrons. The Labute approximate surface area is 172 Å². The lowest BCUT2D eigenvalue weighted by Crippen LogP contribution is -2.50. The van der Waals surface area contributed by atoms with Crippen molar-refractivity contribution in [3.8, 4) is 0 Å². The van der Waals surface area contributed by atoms with Crippen LogP contribution in [0.5, 0.6) is 0 Å². The van der Waals surface area contributed by atoms with Crippen molar-refractivity contribution in [2.45, 2.75) is 38.4 Å². The first kappa shape index (κ1) is 26.7. The average molecular weight is 427 g/mol. The summed E-state index contributed by atoms with van der Waals surface area (Å²) in [6.07, 6.45) is 1.58. The van der Waals surface area contributed by atoms with Gasteiger partial charge in [0.25, 0.3) is 0 Å². The number of hydrogen-bond donors (Lipinski definition) is 4. The second-order valence-corrected chi connectivity index (χ2v) is 5.80. The number of likely N-dealkylation sites (tertiary alicyclic amines) is 1. The molecule has 1 saturated heterocycles. The van der Waals surface area contributed by atoms with Gasteiger partial charge in [-0.05, 0) is 31.9 Å². The van der Waals surface area contributed by atoms with E-state index in [1.807, 2.05) is 17.0 Å². The van der Waals surface area contributed by atoms with E-state index in [4.69, 9.17) is 16.9 Å². The van der Waals surface area contributed by atoms with Crippen LogP contribution in [0.3, 0.4) is 0 Å². The molecule has 2 rings (SSSR count). The van der Waals surface area contributed by atoms with E-state index in [0.717, 1.165) is 12.0 Å². The lowest BCUT2D eigenvalue weighted by Gasteiger charge is -2.27. The smallest absolute Gasteiger partial charge is 0.237 e. The molecule has 1 aromatic rings. The van der Waals surface area contributed by atoms with Crippen LogP contribution >= 0.6 is 37.2 Å². The molecule has 1 fully saturated rings. The fourth-order valence-electron chi connectivity index (χ4n) is 2.85. The quantitative estimate of drug-likeness (QED) is 0.402. The summed E-state index contributed by atoms with van der Waals surface area (Å²) in [6.45, 7) is 2.88. The number of hydrogen-bond acceptors (Lipinski definition) is 4. The number of nitrogens with two attached hydrogens (primary N) is 2. The SMILES string of the molecule is C[C@@H](C(=O)NCc1ccc(C(=N)N)cc1)N1CCCC1C(N)=O.Cl.Cl.Cl. The second kappa shape index (κ2) is 12.0. The number of carbonyl (C=O) groups is 2. The van der Waals surface area contributed by atoms with Crippen molar-refractivity contribution in [2.75, 3.05) is 6.54 Å². The zero-order valence-corrected chi connectivity index (χ0v) is 16.9. The number of primary amides is 1. The van der Waals surface area contributed by atoms with Gasteiger partial charge in [0, 0.05) is 12.1 Å². The van der Waals surface area contributed by atoms with Crippen LogP contribution in [0.1, 0.15) is 30.9 Å². The molecule has 26 heavy (non-hydrogen) atoms. The first-order chi connectivity index (χ1) is 10.9. The highest BCUT2D eigenvalue weighted by molar-refractivity contribution is 5.94. The summed E-state index contributed by atoms with van der Waals surface area (Å²) in [6, 6.07) is 6.39. The topological polar surface area (TPSA) is 125 Å². The highest BCUT2D eigenvalue weighted by Gasteiger charge is 2.34. The average Bonchev–Trinajstić information content (AvgIpc) is 3.02. The number of rotatable bonds is 6. The lowest BCUT2D eigenvalue weighted by atomic mass is 10.1. The third kappa shape index (κ3) is 6.64. The van der Waals surface area contributed by atoms with Gasteiger partial charge in [0.2, 0.25) is 11.8 Å². The van der Waals surface area contributed by atoms with Crippen LogP contribution in [0, 0.1) is 5.41 Å². The van der Waals surface area contributed by atoms with E-state index in [1.54, 1.807) is 19.1 Å². The monoisotopic (exact) mass is 425 g/mol. The summed E-state index contributed by atoms with van der Waals surface area (Å²) in [5.41, 5.74) is 12.4. The molecule has 2 amide bonds.